The fraction of sp³-hybridized carbons (Fsp3) is 0.583. The van der Waals surface area contributed by atoms with Crippen molar-refractivity contribution in [1.29, 1.82) is 0 Å². The number of carbonyl (C=O) groups is 2. The van der Waals surface area contributed by atoms with Crippen LogP contribution in [0.5, 0.6) is 5.75 Å². The number of esters is 1. The van der Waals surface area contributed by atoms with Gasteiger partial charge in [0.25, 0.3) is 0 Å². The van der Waals surface area contributed by atoms with E-state index >= 15 is 0 Å². The second-order valence-corrected chi connectivity index (χ2v) is 9.62. The van der Waals surface area contributed by atoms with Crippen LogP contribution in [0.1, 0.15) is 67.5 Å². The molecule has 1 atom stereocenters. The molecule has 0 radical (unpaired) electrons. The Balaban J connectivity index is 1.26. The molecular formula is C24H28N2O5. The summed E-state index contributed by atoms with van der Waals surface area (Å²) in [6, 6.07) is 6.85. The fourth-order valence-electron chi connectivity index (χ4n) is 6.42. The van der Waals surface area contributed by atoms with Crippen LogP contribution >= 0.6 is 0 Å². The number of carbonyl (C=O) groups excluding carboxylic acids is 2. The maximum atomic E-state index is 13.4. The van der Waals surface area contributed by atoms with E-state index in [1.165, 1.54) is 19.3 Å². The number of rotatable bonds is 7. The van der Waals surface area contributed by atoms with Gasteiger partial charge in [0.2, 0.25) is 11.7 Å². The standard InChI is InChI=1S/C24H28N2O5/c1-14(22(27)24-10-16-7-17(11-24)9-18(8-16)12-24)30-23(28)19-5-3-4-6-20(19)29-13-21-25-15(2)31-26-21/h3-6,14,16-18H,7-13H2,1-2H3/t14-,16?,17?,18?,24?/m0/s1. The third kappa shape index (κ3) is 3.86. The van der Waals surface area contributed by atoms with Crippen molar-refractivity contribution in [2.24, 2.45) is 23.2 Å². The lowest BCUT2D eigenvalue weighted by atomic mass is 9.48. The van der Waals surface area contributed by atoms with Crippen molar-refractivity contribution < 1.29 is 23.6 Å². The minimum atomic E-state index is -0.767. The molecule has 1 aromatic heterocycles. The van der Waals surface area contributed by atoms with Gasteiger partial charge in [-0.3, -0.25) is 4.79 Å². The molecule has 164 valence electrons. The van der Waals surface area contributed by atoms with E-state index in [0.29, 0.717) is 35.2 Å². The molecule has 4 aliphatic carbocycles. The summed E-state index contributed by atoms with van der Waals surface area (Å²) in [6.07, 6.45) is 5.93. The van der Waals surface area contributed by atoms with Gasteiger partial charge in [-0.2, -0.15) is 4.98 Å². The smallest absolute Gasteiger partial charge is 0.342 e. The zero-order valence-electron chi connectivity index (χ0n) is 18.0. The molecule has 1 heterocycles. The molecule has 0 N–H and O–H groups in total. The number of aromatic nitrogens is 2. The van der Waals surface area contributed by atoms with Gasteiger partial charge in [-0.1, -0.05) is 17.3 Å². The molecule has 2 aromatic rings. The molecule has 0 spiro atoms. The number of nitrogens with zero attached hydrogens (tertiary/aromatic N) is 2. The minimum Gasteiger partial charge on any atom is -0.485 e. The summed E-state index contributed by atoms with van der Waals surface area (Å²) in [6.45, 7) is 3.48. The van der Waals surface area contributed by atoms with Crippen LogP contribution in [0.25, 0.3) is 0 Å². The summed E-state index contributed by atoms with van der Waals surface area (Å²) in [5, 5.41) is 3.79. The van der Waals surface area contributed by atoms with Crippen molar-refractivity contribution in [3.05, 3.63) is 41.5 Å². The first kappa shape index (κ1) is 20.2. The quantitative estimate of drug-likeness (QED) is 0.612. The molecule has 4 fully saturated rings. The molecule has 7 nitrogen and oxygen atoms in total. The Morgan fingerprint density at radius 3 is 2.39 bits per heavy atom. The van der Waals surface area contributed by atoms with E-state index in [0.717, 1.165) is 19.3 Å². The first-order valence-electron chi connectivity index (χ1n) is 11.2. The first-order valence-corrected chi connectivity index (χ1v) is 11.2. The number of para-hydroxylation sites is 1. The highest BCUT2D eigenvalue weighted by Crippen LogP contribution is 2.60. The number of Topliss-reactive ketones (excluding diaryl/α,β-unsaturated/α-hetero) is 1. The van der Waals surface area contributed by atoms with Gasteiger partial charge in [-0.25, -0.2) is 4.79 Å². The Hall–Kier alpha value is -2.70. The first-order chi connectivity index (χ1) is 14.9. The predicted octanol–water partition coefficient (Wildman–Crippen LogP) is 4.29. The molecule has 0 amide bonds. The van der Waals surface area contributed by atoms with Crippen LogP contribution in [-0.2, 0) is 16.1 Å². The van der Waals surface area contributed by atoms with Crippen LogP contribution in [0.4, 0.5) is 0 Å². The Labute approximate surface area is 181 Å². The van der Waals surface area contributed by atoms with E-state index in [9.17, 15) is 9.59 Å². The average Bonchev–Trinajstić information content (AvgIpc) is 3.16. The van der Waals surface area contributed by atoms with Gasteiger partial charge >= 0.3 is 5.97 Å². The van der Waals surface area contributed by atoms with E-state index in [-0.39, 0.29) is 23.4 Å². The van der Waals surface area contributed by atoms with Crippen LogP contribution in [-0.4, -0.2) is 28.0 Å². The molecule has 0 aliphatic heterocycles. The number of ketones is 1. The molecule has 0 unspecified atom stereocenters. The Kier molecular flexibility index (Phi) is 5.07. The van der Waals surface area contributed by atoms with Crippen molar-refractivity contribution in [3.8, 4) is 5.75 Å². The Morgan fingerprint density at radius 2 is 1.77 bits per heavy atom. The van der Waals surface area contributed by atoms with E-state index in [1.54, 1.807) is 38.1 Å². The highest BCUT2D eigenvalue weighted by molar-refractivity contribution is 5.96. The zero-order valence-corrected chi connectivity index (χ0v) is 18.0. The molecule has 4 aliphatic rings. The summed E-state index contributed by atoms with van der Waals surface area (Å²) in [5.74, 6) is 2.76. The maximum absolute atomic E-state index is 13.4. The third-order valence-electron chi connectivity index (χ3n) is 7.25. The van der Waals surface area contributed by atoms with Crippen molar-refractivity contribution in [1.82, 2.24) is 10.1 Å². The maximum Gasteiger partial charge on any atom is 0.342 e. The Bertz CT molecular complexity index is 962. The predicted molar refractivity (Wildman–Crippen MR) is 110 cm³/mol. The van der Waals surface area contributed by atoms with Gasteiger partial charge in [0.15, 0.2) is 18.5 Å². The van der Waals surface area contributed by atoms with Crippen molar-refractivity contribution in [3.63, 3.8) is 0 Å². The van der Waals surface area contributed by atoms with E-state index in [2.05, 4.69) is 10.1 Å². The van der Waals surface area contributed by atoms with Gasteiger partial charge in [0.1, 0.15) is 11.3 Å². The fourth-order valence-corrected chi connectivity index (χ4v) is 6.42. The number of hydrogen-bond acceptors (Lipinski definition) is 7. The summed E-state index contributed by atoms with van der Waals surface area (Å²) in [5.41, 5.74) is -0.00566. The minimum absolute atomic E-state index is 0.0728. The van der Waals surface area contributed by atoms with Gasteiger partial charge in [-0.15, -0.1) is 0 Å². The molecule has 31 heavy (non-hydrogen) atoms. The van der Waals surface area contributed by atoms with Crippen molar-refractivity contribution in [2.45, 2.75) is 65.1 Å². The van der Waals surface area contributed by atoms with E-state index in [1.807, 2.05) is 0 Å². The number of hydrogen-bond donors (Lipinski definition) is 0. The van der Waals surface area contributed by atoms with E-state index < -0.39 is 12.1 Å². The molecular weight excluding hydrogens is 396 g/mol. The summed E-state index contributed by atoms with van der Waals surface area (Å²) < 4.78 is 16.3. The topological polar surface area (TPSA) is 91.5 Å². The molecule has 6 rings (SSSR count). The lowest BCUT2D eigenvalue weighted by Crippen LogP contribution is -2.52. The normalized spacial score (nSPS) is 29.5. The molecule has 4 bridgehead atoms. The number of ether oxygens (including phenoxy) is 2. The van der Waals surface area contributed by atoms with Crippen LogP contribution < -0.4 is 4.74 Å². The molecule has 7 heteroatoms. The van der Waals surface area contributed by atoms with Gasteiger partial charge < -0.3 is 14.0 Å². The lowest BCUT2D eigenvalue weighted by Gasteiger charge is -2.56. The highest BCUT2D eigenvalue weighted by Gasteiger charge is 2.55. The largest absolute Gasteiger partial charge is 0.485 e. The van der Waals surface area contributed by atoms with Crippen LogP contribution in [0, 0.1) is 30.1 Å². The molecule has 1 aromatic carbocycles. The number of benzene rings is 1. The number of aryl methyl sites for hydroxylation is 1. The van der Waals surface area contributed by atoms with Crippen LogP contribution in [0.2, 0.25) is 0 Å². The Morgan fingerprint density at radius 1 is 1.13 bits per heavy atom. The molecule has 0 saturated heterocycles. The lowest BCUT2D eigenvalue weighted by molar-refractivity contribution is -0.152. The van der Waals surface area contributed by atoms with E-state index in [4.69, 9.17) is 14.0 Å². The second-order valence-electron chi connectivity index (χ2n) is 9.62. The van der Waals surface area contributed by atoms with Gasteiger partial charge in [-0.05, 0) is 75.3 Å². The third-order valence-corrected chi connectivity index (χ3v) is 7.25. The average molecular weight is 424 g/mol. The van der Waals surface area contributed by atoms with Crippen molar-refractivity contribution >= 4 is 11.8 Å². The summed E-state index contributed by atoms with van der Waals surface area (Å²) in [7, 11) is 0. The van der Waals surface area contributed by atoms with Crippen LogP contribution in [0.3, 0.4) is 0 Å². The highest BCUT2D eigenvalue weighted by atomic mass is 16.5. The SMILES string of the molecule is Cc1nc(COc2ccccc2C(=O)O[C@@H](C)C(=O)C23CC4CC(CC(C4)C2)C3)no1. The van der Waals surface area contributed by atoms with Crippen LogP contribution in [0.15, 0.2) is 28.8 Å². The monoisotopic (exact) mass is 424 g/mol. The van der Waals surface area contributed by atoms with Gasteiger partial charge in [0, 0.05) is 12.3 Å². The zero-order chi connectivity index (χ0) is 21.6. The van der Waals surface area contributed by atoms with Crippen molar-refractivity contribution in [2.75, 3.05) is 0 Å². The molecule has 4 saturated carbocycles. The second kappa shape index (κ2) is 7.77. The summed E-state index contributed by atoms with van der Waals surface area (Å²) in [4.78, 5) is 30.4. The summed E-state index contributed by atoms with van der Waals surface area (Å²) >= 11 is 0. The van der Waals surface area contributed by atoms with Gasteiger partial charge in [0.05, 0.1) is 0 Å².